The van der Waals surface area contributed by atoms with Crippen LogP contribution in [-0.2, 0) is 29.1 Å². The molecule has 2 heterocycles. The highest BCUT2D eigenvalue weighted by Crippen LogP contribution is 2.35. The quantitative estimate of drug-likeness (QED) is 0.556. The number of amides is 2. The lowest BCUT2D eigenvalue weighted by Crippen LogP contribution is -2.37. The van der Waals surface area contributed by atoms with Crippen LogP contribution in [0.3, 0.4) is 0 Å². The molecule has 0 saturated carbocycles. The zero-order chi connectivity index (χ0) is 22.9. The van der Waals surface area contributed by atoms with Gasteiger partial charge in [0.25, 0.3) is 11.8 Å². The van der Waals surface area contributed by atoms with Gasteiger partial charge in [0.15, 0.2) is 0 Å². The zero-order valence-corrected chi connectivity index (χ0v) is 18.9. The molecular formula is C28H26N2O3. The van der Waals surface area contributed by atoms with Crippen molar-refractivity contribution in [1.29, 1.82) is 0 Å². The average molecular weight is 439 g/mol. The predicted molar refractivity (Wildman–Crippen MR) is 127 cm³/mol. The van der Waals surface area contributed by atoms with Crippen LogP contribution in [-0.4, -0.2) is 35.3 Å². The third kappa shape index (κ3) is 3.91. The van der Waals surface area contributed by atoms with Gasteiger partial charge in [0.05, 0.1) is 19.2 Å². The molecule has 5 heteroatoms. The van der Waals surface area contributed by atoms with E-state index < -0.39 is 0 Å². The fourth-order valence-corrected chi connectivity index (χ4v) is 4.58. The first-order chi connectivity index (χ1) is 16.0. The molecule has 0 aromatic heterocycles. The van der Waals surface area contributed by atoms with Crippen molar-refractivity contribution in [2.24, 2.45) is 0 Å². The standard InChI is InChI=1S/C28H26N2O3/c1-19-7-9-20(10-8-19)17-30-27(31)25(22-11-13-24(33-2)14-12-22)26(28(30)32)29-16-15-21-5-3-4-6-23(21)18-29/h3-14H,15-18H2,1-2H3. The van der Waals surface area contributed by atoms with Gasteiger partial charge in [0.2, 0.25) is 0 Å². The summed E-state index contributed by atoms with van der Waals surface area (Å²) >= 11 is 0. The minimum atomic E-state index is -0.250. The first kappa shape index (κ1) is 21.0. The molecule has 166 valence electrons. The first-order valence-electron chi connectivity index (χ1n) is 11.2. The number of benzene rings is 3. The van der Waals surface area contributed by atoms with Crippen molar-refractivity contribution in [2.75, 3.05) is 13.7 Å². The number of rotatable bonds is 5. The van der Waals surface area contributed by atoms with Crippen LogP contribution in [0.4, 0.5) is 0 Å². The number of nitrogens with zero attached hydrogens (tertiary/aromatic N) is 2. The SMILES string of the molecule is COc1ccc(C2=C(N3CCc4ccccc4C3)C(=O)N(Cc3ccc(C)cc3)C2=O)cc1. The van der Waals surface area contributed by atoms with Crippen LogP contribution in [0.15, 0.2) is 78.5 Å². The van der Waals surface area contributed by atoms with Gasteiger partial charge >= 0.3 is 0 Å². The Kier molecular flexibility index (Phi) is 5.47. The Morgan fingerprint density at radius 3 is 2.24 bits per heavy atom. The second-order valence-electron chi connectivity index (χ2n) is 8.57. The van der Waals surface area contributed by atoms with E-state index in [4.69, 9.17) is 4.74 Å². The van der Waals surface area contributed by atoms with E-state index >= 15 is 0 Å². The van der Waals surface area contributed by atoms with Crippen LogP contribution in [0.1, 0.15) is 27.8 Å². The maximum Gasteiger partial charge on any atom is 0.278 e. The lowest BCUT2D eigenvalue weighted by atomic mass is 9.98. The average Bonchev–Trinajstić information content (AvgIpc) is 3.10. The fraction of sp³-hybridized carbons (Fsp3) is 0.214. The smallest absolute Gasteiger partial charge is 0.278 e. The Morgan fingerprint density at radius 2 is 1.55 bits per heavy atom. The molecule has 0 aliphatic carbocycles. The number of carbonyl (C=O) groups excluding carboxylic acids is 2. The summed E-state index contributed by atoms with van der Waals surface area (Å²) in [6.45, 7) is 3.59. The maximum atomic E-state index is 13.7. The summed E-state index contributed by atoms with van der Waals surface area (Å²) in [5.74, 6) is 0.228. The fourth-order valence-electron chi connectivity index (χ4n) is 4.58. The molecule has 33 heavy (non-hydrogen) atoms. The molecule has 0 saturated heterocycles. The number of ether oxygens (including phenoxy) is 1. The summed E-state index contributed by atoms with van der Waals surface area (Å²) in [6, 6.07) is 23.6. The van der Waals surface area contributed by atoms with Gasteiger partial charge in [-0.25, -0.2) is 0 Å². The lowest BCUT2D eigenvalue weighted by Gasteiger charge is -2.31. The van der Waals surface area contributed by atoms with Crippen LogP contribution < -0.4 is 4.74 Å². The van der Waals surface area contributed by atoms with E-state index in [9.17, 15) is 9.59 Å². The van der Waals surface area contributed by atoms with Crippen LogP contribution in [0, 0.1) is 6.92 Å². The summed E-state index contributed by atoms with van der Waals surface area (Å²) in [5.41, 5.74) is 6.26. The Labute approximate surface area is 193 Å². The normalized spacial score (nSPS) is 15.8. The molecule has 2 amide bonds. The molecule has 5 nitrogen and oxygen atoms in total. The summed E-state index contributed by atoms with van der Waals surface area (Å²) in [7, 11) is 1.61. The summed E-state index contributed by atoms with van der Waals surface area (Å²) in [6.07, 6.45) is 0.842. The van der Waals surface area contributed by atoms with Crippen LogP contribution in [0.2, 0.25) is 0 Å². The Bertz CT molecular complexity index is 1240. The van der Waals surface area contributed by atoms with Crippen LogP contribution in [0.5, 0.6) is 5.75 Å². The van der Waals surface area contributed by atoms with E-state index in [1.165, 1.54) is 16.0 Å². The van der Waals surface area contributed by atoms with Crippen LogP contribution in [0.25, 0.3) is 5.57 Å². The topological polar surface area (TPSA) is 49.9 Å². The van der Waals surface area contributed by atoms with Gasteiger partial charge in [-0.2, -0.15) is 0 Å². The van der Waals surface area contributed by atoms with Gasteiger partial charge in [0.1, 0.15) is 11.4 Å². The number of carbonyl (C=O) groups is 2. The molecule has 3 aromatic rings. The molecule has 0 atom stereocenters. The number of imide groups is 1. The largest absolute Gasteiger partial charge is 0.497 e. The van der Waals surface area contributed by atoms with E-state index in [1.807, 2.05) is 67.6 Å². The van der Waals surface area contributed by atoms with Gasteiger partial charge in [-0.15, -0.1) is 0 Å². The van der Waals surface area contributed by atoms with E-state index in [2.05, 4.69) is 17.0 Å². The minimum Gasteiger partial charge on any atom is -0.497 e. The molecule has 5 rings (SSSR count). The number of aryl methyl sites for hydroxylation is 1. The predicted octanol–water partition coefficient (Wildman–Crippen LogP) is 4.34. The maximum absolute atomic E-state index is 13.7. The molecule has 2 aliphatic rings. The van der Waals surface area contributed by atoms with Crippen molar-refractivity contribution in [2.45, 2.75) is 26.4 Å². The second-order valence-corrected chi connectivity index (χ2v) is 8.57. The van der Waals surface area contributed by atoms with E-state index in [1.54, 1.807) is 7.11 Å². The van der Waals surface area contributed by atoms with Crippen molar-refractivity contribution in [3.05, 3.63) is 106 Å². The van der Waals surface area contributed by atoms with Crippen molar-refractivity contribution in [1.82, 2.24) is 9.80 Å². The van der Waals surface area contributed by atoms with Gasteiger partial charge in [-0.3, -0.25) is 14.5 Å². The molecule has 0 fully saturated rings. The highest BCUT2D eigenvalue weighted by molar-refractivity contribution is 6.35. The molecule has 0 unspecified atom stereocenters. The lowest BCUT2D eigenvalue weighted by molar-refractivity contribution is -0.138. The van der Waals surface area contributed by atoms with E-state index in [-0.39, 0.29) is 18.4 Å². The Hall–Kier alpha value is -3.86. The van der Waals surface area contributed by atoms with Crippen molar-refractivity contribution < 1.29 is 14.3 Å². The molecular weight excluding hydrogens is 412 g/mol. The summed E-state index contributed by atoms with van der Waals surface area (Å²) in [5, 5.41) is 0. The molecule has 0 spiro atoms. The second kappa shape index (κ2) is 8.58. The molecule has 2 aliphatic heterocycles. The highest BCUT2D eigenvalue weighted by Gasteiger charge is 2.42. The van der Waals surface area contributed by atoms with Crippen molar-refractivity contribution in [3.8, 4) is 5.75 Å². The minimum absolute atomic E-state index is 0.231. The first-order valence-corrected chi connectivity index (χ1v) is 11.2. The molecule has 0 bridgehead atoms. The highest BCUT2D eigenvalue weighted by atomic mass is 16.5. The van der Waals surface area contributed by atoms with E-state index in [0.29, 0.717) is 30.1 Å². The summed E-state index contributed by atoms with van der Waals surface area (Å²) in [4.78, 5) is 30.8. The van der Waals surface area contributed by atoms with Crippen LogP contribution >= 0.6 is 0 Å². The number of methoxy groups -OCH3 is 1. The van der Waals surface area contributed by atoms with Gasteiger partial charge in [-0.1, -0.05) is 66.2 Å². The third-order valence-electron chi connectivity index (χ3n) is 6.43. The number of fused-ring (bicyclic) bond motifs is 1. The van der Waals surface area contributed by atoms with E-state index in [0.717, 1.165) is 23.1 Å². The van der Waals surface area contributed by atoms with Gasteiger partial charge < -0.3 is 9.64 Å². The zero-order valence-electron chi connectivity index (χ0n) is 18.9. The third-order valence-corrected chi connectivity index (χ3v) is 6.43. The van der Waals surface area contributed by atoms with Crippen molar-refractivity contribution in [3.63, 3.8) is 0 Å². The molecule has 0 N–H and O–H groups in total. The Balaban J connectivity index is 1.54. The molecule has 3 aromatic carbocycles. The summed E-state index contributed by atoms with van der Waals surface area (Å²) < 4.78 is 5.28. The van der Waals surface area contributed by atoms with Crippen molar-refractivity contribution >= 4 is 17.4 Å². The van der Waals surface area contributed by atoms with Gasteiger partial charge in [-0.05, 0) is 47.7 Å². The van der Waals surface area contributed by atoms with Gasteiger partial charge in [0, 0.05) is 13.1 Å². The monoisotopic (exact) mass is 438 g/mol. The Morgan fingerprint density at radius 1 is 0.848 bits per heavy atom. The number of hydrogen-bond donors (Lipinski definition) is 0. The number of hydrogen-bond acceptors (Lipinski definition) is 4. The molecule has 0 radical (unpaired) electrons.